The van der Waals surface area contributed by atoms with Crippen LogP contribution in [0.5, 0.6) is 0 Å². The molecule has 1 saturated heterocycles. The number of benzene rings is 2. The predicted molar refractivity (Wildman–Crippen MR) is 85.2 cm³/mol. The van der Waals surface area contributed by atoms with Gasteiger partial charge in [-0.15, -0.1) is 0 Å². The van der Waals surface area contributed by atoms with Gasteiger partial charge in [-0.2, -0.15) is 0 Å². The molecule has 2 heteroatoms. The number of hydrogen-bond acceptors (Lipinski definition) is 1. The van der Waals surface area contributed by atoms with Gasteiger partial charge < -0.3 is 5.32 Å². The average molecular weight is 283 g/mol. The quantitative estimate of drug-likeness (QED) is 0.888. The highest BCUT2D eigenvalue weighted by molar-refractivity contribution is 5.36. The minimum Gasteiger partial charge on any atom is -0.316 e. The molecule has 0 spiro atoms. The third-order valence-corrected chi connectivity index (χ3v) is 4.62. The van der Waals surface area contributed by atoms with E-state index in [-0.39, 0.29) is 11.7 Å². The van der Waals surface area contributed by atoms with Gasteiger partial charge in [-0.25, -0.2) is 4.39 Å². The lowest BCUT2D eigenvalue weighted by Crippen LogP contribution is -2.34. The summed E-state index contributed by atoms with van der Waals surface area (Å²) in [7, 11) is 0. The van der Waals surface area contributed by atoms with Crippen LogP contribution in [0.1, 0.15) is 41.9 Å². The van der Waals surface area contributed by atoms with E-state index in [1.807, 2.05) is 12.1 Å². The van der Waals surface area contributed by atoms with Gasteiger partial charge in [0.1, 0.15) is 5.82 Å². The SMILES string of the molecule is CCc1ccccc1C1CCNCC1c1ccccc1F. The van der Waals surface area contributed by atoms with Crippen molar-refractivity contribution in [2.75, 3.05) is 13.1 Å². The Morgan fingerprint density at radius 1 is 1.00 bits per heavy atom. The highest BCUT2D eigenvalue weighted by atomic mass is 19.1. The van der Waals surface area contributed by atoms with Crippen molar-refractivity contribution < 1.29 is 4.39 Å². The first-order valence-electron chi connectivity index (χ1n) is 7.84. The molecule has 0 aromatic heterocycles. The van der Waals surface area contributed by atoms with Gasteiger partial charge in [0.25, 0.3) is 0 Å². The molecule has 0 saturated carbocycles. The monoisotopic (exact) mass is 283 g/mol. The molecule has 1 heterocycles. The highest BCUT2D eigenvalue weighted by Gasteiger charge is 2.30. The van der Waals surface area contributed by atoms with Crippen molar-refractivity contribution in [3.8, 4) is 0 Å². The van der Waals surface area contributed by atoms with Crippen LogP contribution in [0.15, 0.2) is 48.5 Å². The maximum atomic E-state index is 14.2. The van der Waals surface area contributed by atoms with Crippen molar-refractivity contribution in [2.45, 2.75) is 31.6 Å². The van der Waals surface area contributed by atoms with Crippen molar-refractivity contribution in [1.82, 2.24) is 5.32 Å². The number of piperidine rings is 1. The van der Waals surface area contributed by atoms with Crippen LogP contribution in [0.2, 0.25) is 0 Å². The minimum atomic E-state index is -0.0785. The topological polar surface area (TPSA) is 12.0 Å². The summed E-state index contributed by atoms with van der Waals surface area (Å²) in [6.07, 6.45) is 2.10. The minimum absolute atomic E-state index is 0.0785. The molecule has 0 radical (unpaired) electrons. The van der Waals surface area contributed by atoms with E-state index < -0.39 is 0 Å². The Hall–Kier alpha value is -1.67. The maximum absolute atomic E-state index is 14.2. The summed E-state index contributed by atoms with van der Waals surface area (Å²) in [6, 6.07) is 15.9. The number of halogens is 1. The maximum Gasteiger partial charge on any atom is 0.126 e. The second kappa shape index (κ2) is 6.40. The molecule has 2 atom stereocenters. The fourth-order valence-corrected chi connectivity index (χ4v) is 3.55. The summed E-state index contributed by atoms with van der Waals surface area (Å²) in [5, 5.41) is 3.43. The molecule has 110 valence electrons. The number of hydrogen-bond donors (Lipinski definition) is 1. The zero-order valence-electron chi connectivity index (χ0n) is 12.5. The van der Waals surface area contributed by atoms with Crippen LogP contribution >= 0.6 is 0 Å². The van der Waals surface area contributed by atoms with E-state index in [2.05, 4.69) is 36.5 Å². The summed E-state index contributed by atoms with van der Waals surface area (Å²) in [4.78, 5) is 0. The van der Waals surface area contributed by atoms with Gasteiger partial charge in [-0.1, -0.05) is 49.4 Å². The summed E-state index contributed by atoms with van der Waals surface area (Å²) in [5.74, 6) is 0.539. The lowest BCUT2D eigenvalue weighted by atomic mass is 9.75. The lowest BCUT2D eigenvalue weighted by molar-refractivity contribution is 0.392. The summed E-state index contributed by atoms with van der Waals surface area (Å²) in [5.41, 5.74) is 3.64. The van der Waals surface area contributed by atoms with E-state index in [1.165, 1.54) is 11.1 Å². The van der Waals surface area contributed by atoms with E-state index in [0.717, 1.165) is 31.5 Å². The number of nitrogens with one attached hydrogen (secondary N) is 1. The van der Waals surface area contributed by atoms with Crippen LogP contribution in [0.3, 0.4) is 0 Å². The molecule has 1 aliphatic heterocycles. The third kappa shape index (κ3) is 2.86. The molecule has 1 aliphatic rings. The summed E-state index contributed by atoms with van der Waals surface area (Å²) >= 11 is 0. The van der Waals surface area contributed by atoms with E-state index in [0.29, 0.717) is 5.92 Å². The molecule has 0 aliphatic carbocycles. The predicted octanol–water partition coefficient (Wildman–Crippen LogP) is 4.25. The van der Waals surface area contributed by atoms with Gasteiger partial charge in [0.05, 0.1) is 0 Å². The van der Waals surface area contributed by atoms with Gasteiger partial charge in [0.15, 0.2) is 0 Å². The molecule has 2 aromatic carbocycles. The Morgan fingerprint density at radius 3 is 2.48 bits per heavy atom. The van der Waals surface area contributed by atoms with Crippen molar-refractivity contribution in [3.63, 3.8) is 0 Å². The fraction of sp³-hybridized carbons (Fsp3) is 0.368. The Morgan fingerprint density at radius 2 is 1.71 bits per heavy atom. The van der Waals surface area contributed by atoms with Gasteiger partial charge in [-0.05, 0) is 48.1 Å². The van der Waals surface area contributed by atoms with Gasteiger partial charge in [-0.3, -0.25) is 0 Å². The molecule has 21 heavy (non-hydrogen) atoms. The van der Waals surface area contributed by atoms with Gasteiger partial charge in [0.2, 0.25) is 0 Å². The zero-order valence-corrected chi connectivity index (χ0v) is 12.5. The summed E-state index contributed by atoms with van der Waals surface area (Å²) in [6.45, 7) is 4.05. The van der Waals surface area contributed by atoms with Crippen LogP contribution in [0.25, 0.3) is 0 Å². The zero-order chi connectivity index (χ0) is 14.7. The molecule has 1 fully saturated rings. The van der Waals surface area contributed by atoms with Gasteiger partial charge in [0, 0.05) is 12.5 Å². The Bertz CT molecular complexity index is 608. The van der Waals surface area contributed by atoms with Crippen LogP contribution < -0.4 is 5.32 Å². The Kier molecular flexibility index (Phi) is 4.35. The van der Waals surface area contributed by atoms with Crippen LogP contribution in [-0.2, 0) is 6.42 Å². The highest BCUT2D eigenvalue weighted by Crippen LogP contribution is 2.39. The first kappa shape index (κ1) is 14.3. The van der Waals surface area contributed by atoms with Crippen molar-refractivity contribution in [2.24, 2.45) is 0 Å². The molecule has 3 rings (SSSR count). The molecule has 0 bridgehead atoms. The average Bonchev–Trinajstić information content (AvgIpc) is 2.55. The van der Waals surface area contributed by atoms with Crippen molar-refractivity contribution in [3.05, 3.63) is 71.0 Å². The van der Waals surface area contributed by atoms with Crippen LogP contribution in [-0.4, -0.2) is 13.1 Å². The summed E-state index contributed by atoms with van der Waals surface area (Å²) < 4.78 is 14.2. The fourth-order valence-electron chi connectivity index (χ4n) is 3.55. The van der Waals surface area contributed by atoms with E-state index >= 15 is 0 Å². The Balaban J connectivity index is 2.01. The van der Waals surface area contributed by atoms with Crippen LogP contribution in [0.4, 0.5) is 4.39 Å². The molecule has 2 unspecified atom stereocenters. The van der Waals surface area contributed by atoms with Crippen LogP contribution in [0, 0.1) is 5.82 Å². The van der Waals surface area contributed by atoms with E-state index in [9.17, 15) is 4.39 Å². The number of aryl methyl sites for hydroxylation is 1. The second-order valence-corrected chi connectivity index (χ2v) is 5.78. The Labute approximate surface area is 126 Å². The normalized spacial score (nSPS) is 22.2. The molecule has 1 N–H and O–H groups in total. The van der Waals surface area contributed by atoms with E-state index in [4.69, 9.17) is 0 Å². The number of rotatable bonds is 3. The molecule has 0 amide bonds. The largest absolute Gasteiger partial charge is 0.316 e. The second-order valence-electron chi connectivity index (χ2n) is 5.78. The van der Waals surface area contributed by atoms with Gasteiger partial charge >= 0.3 is 0 Å². The molecule has 2 aromatic rings. The smallest absolute Gasteiger partial charge is 0.126 e. The third-order valence-electron chi connectivity index (χ3n) is 4.62. The molecular formula is C19H22FN. The standard InChI is InChI=1S/C19H22FN/c1-2-14-7-3-4-8-15(14)16-11-12-21-13-18(16)17-9-5-6-10-19(17)20/h3-10,16,18,21H,2,11-13H2,1H3. The van der Waals surface area contributed by atoms with Crippen molar-refractivity contribution >= 4 is 0 Å². The van der Waals surface area contributed by atoms with Crippen molar-refractivity contribution in [1.29, 1.82) is 0 Å². The molecule has 1 nitrogen and oxygen atoms in total. The molecular weight excluding hydrogens is 261 g/mol. The van der Waals surface area contributed by atoms with E-state index in [1.54, 1.807) is 12.1 Å². The lowest BCUT2D eigenvalue weighted by Gasteiger charge is -2.34. The first-order chi connectivity index (χ1) is 10.3. The first-order valence-corrected chi connectivity index (χ1v) is 7.84.